The molecule has 0 radical (unpaired) electrons. The van der Waals surface area contributed by atoms with Crippen LogP contribution in [0.1, 0.15) is 43.7 Å². The lowest BCUT2D eigenvalue weighted by Gasteiger charge is -2.31. The van der Waals surface area contributed by atoms with Crippen LogP contribution in [-0.4, -0.2) is 60.1 Å². The minimum absolute atomic E-state index is 0.135. The van der Waals surface area contributed by atoms with E-state index in [0.29, 0.717) is 23.5 Å². The number of likely N-dealkylation sites (tertiary alicyclic amines) is 1. The average Bonchev–Trinajstić information content (AvgIpc) is 3.49. The summed E-state index contributed by atoms with van der Waals surface area (Å²) in [6.45, 7) is 1.65. The third-order valence-corrected chi connectivity index (χ3v) is 6.10. The standard InChI is InChI=1S/C19H24N8O/c28-19(27-8-6-13(9-27)15-5-7-24-26-15)12-1-3-14(4-2-12)25-18-16-17(21-10-20-16)22-11-23-18/h5,7,10-14H,1-4,6,8-9H2,(H,24,26)(H2,20,21,22,23,25). The maximum Gasteiger partial charge on any atom is 0.225 e. The summed E-state index contributed by atoms with van der Waals surface area (Å²) in [6.07, 6.45) is 9.72. The first-order valence-corrected chi connectivity index (χ1v) is 9.96. The Bertz CT molecular complexity index is 944. The summed E-state index contributed by atoms with van der Waals surface area (Å²) >= 11 is 0. The van der Waals surface area contributed by atoms with Gasteiger partial charge in [-0.2, -0.15) is 5.10 Å². The molecule has 1 amide bonds. The van der Waals surface area contributed by atoms with E-state index in [0.717, 1.165) is 62.2 Å². The van der Waals surface area contributed by atoms with Gasteiger partial charge in [-0.15, -0.1) is 0 Å². The fraction of sp³-hybridized carbons (Fsp3) is 0.526. The van der Waals surface area contributed by atoms with Crippen LogP contribution in [0.15, 0.2) is 24.9 Å². The molecule has 9 nitrogen and oxygen atoms in total. The number of aromatic amines is 2. The summed E-state index contributed by atoms with van der Waals surface area (Å²) in [6, 6.07) is 2.33. The number of fused-ring (bicyclic) bond motifs is 1. The molecule has 1 aliphatic carbocycles. The lowest BCUT2D eigenvalue weighted by molar-refractivity contribution is -0.135. The second-order valence-corrected chi connectivity index (χ2v) is 7.80. The third-order valence-electron chi connectivity index (χ3n) is 6.10. The number of imidazole rings is 1. The number of rotatable bonds is 4. The smallest absolute Gasteiger partial charge is 0.225 e. The van der Waals surface area contributed by atoms with Crippen LogP contribution in [0, 0.1) is 5.92 Å². The largest absolute Gasteiger partial charge is 0.365 e. The predicted molar refractivity (Wildman–Crippen MR) is 104 cm³/mol. The van der Waals surface area contributed by atoms with Gasteiger partial charge >= 0.3 is 0 Å². The first kappa shape index (κ1) is 17.2. The molecular weight excluding hydrogens is 356 g/mol. The van der Waals surface area contributed by atoms with E-state index in [1.807, 2.05) is 11.0 Å². The van der Waals surface area contributed by atoms with Crippen molar-refractivity contribution in [3.8, 4) is 0 Å². The van der Waals surface area contributed by atoms with Crippen LogP contribution in [0.5, 0.6) is 0 Å². The molecule has 5 rings (SSSR count). The fourth-order valence-corrected chi connectivity index (χ4v) is 4.52. The van der Waals surface area contributed by atoms with Crippen LogP contribution in [0.25, 0.3) is 11.2 Å². The van der Waals surface area contributed by atoms with E-state index >= 15 is 0 Å². The molecule has 1 unspecified atom stereocenters. The topological polar surface area (TPSA) is 115 Å². The molecular formula is C19H24N8O. The highest BCUT2D eigenvalue weighted by atomic mass is 16.2. The molecule has 3 aromatic rings. The van der Waals surface area contributed by atoms with E-state index in [-0.39, 0.29) is 5.92 Å². The molecule has 4 heterocycles. The van der Waals surface area contributed by atoms with Gasteiger partial charge in [0, 0.05) is 42.9 Å². The number of amides is 1. The summed E-state index contributed by atoms with van der Waals surface area (Å²) in [7, 11) is 0. The highest BCUT2D eigenvalue weighted by Crippen LogP contribution is 2.32. The molecule has 0 bridgehead atoms. The second-order valence-electron chi connectivity index (χ2n) is 7.80. The van der Waals surface area contributed by atoms with Crippen molar-refractivity contribution < 1.29 is 4.79 Å². The maximum absolute atomic E-state index is 13.0. The number of carbonyl (C=O) groups excluding carboxylic acids is 1. The number of carbonyl (C=O) groups is 1. The predicted octanol–water partition coefficient (Wildman–Crippen LogP) is 2.06. The molecule has 28 heavy (non-hydrogen) atoms. The van der Waals surface area contributed by atoms with Crippen molar-refractivity contribution in [1.82, 2.24) is 35.0 Å². The van der Waals surface area contributed by atoms with Crippen molar-refractivity contribution >= 4 is 22.9 Å². The Kier molecular flexibility index (Phi) is 4.42. The fourth-order valence-electron chi connectivity index (χ4n) is 4.52. The second kappa shape index (κ2) is 7.21. The molecule has 1 atom stereocenters. The zero-order chi connectivity index (χ0) is 18.9. The molecule has 1 saturated heterocycles. The molecule has 146 valence electrons. The number of hydrogen-bond donors (Lipinski definition) is 3. The molecule has 0 aromatic carbocycles. The number of nitrogens with one attached hydrogen (secondary N) is 3. The SMILES string of the molecule is O=C(C1CCC(Nc2ncnc3nc[nH]c23)CC1)N1CCC(c2ccn[nH]2)C1. The van der Waals surface area contributed by atoms with Crippen LogP contribution in [0.2, 0.25) is 0 Å². The van der Waals surface area contributed by atoms with Crippen molar-refractivity contribution in [3.63, 3.8) is 0 Å². The Balaban J connectivity index is 1.16. The van der Waals surface area contributed by atoms with Crippen molar-refractivity contribution in [3.05, 3.63) is 30.6 Å². The molecule has 0 spiro atoms. The van der Waals surface area contributed by atoms with Gasteiger partial charge < -0.3 is 15.2 Å². The number of anilines is 1. The van der Waals surface area contributed by atoms with Crippen molar-refractivity contribution in [2.75, 3.05) is 18.4 Å². The van der Waals surface area contributed by atoms with Gasteiger partial charge in [0.1, 0.15) is 11.8 Å². The lowest BCUT2D eigenvalue weighted by Crippen LogP contribution is -2.38. The van der Waals surface area contributed by atoms with Crippen LogP contribution < -0.4 is 5.32 Å². The minimum atomic E-state index is 0.135. The summed E-state index contributed by atoms with van der Waals surface area (Å²) in [4.78, 5) is 30.8. The quantitative estimate of drug-likeness (QED) is 0.638. The Morgan fingerprint density at radius 2 is 2.04 bits per heavy atom. The maximum atomic E-state index is 13.0. The van der Waals surface area contributed by atoms with Gasteiger partial charge in [-0.05, 0) is 38.2 Å². The van der Waals surface area contributed by atoms with E-state index in [2.05, 4.69) is 35.5 Å². The van der Waals surface area contributed by atoms with Crippen molar-refractivity contribution in [1.29, 1.82) is 0 Å². The molecule has 2 fully saturated rings. The third kappa shape index (κ3) is 3.21. The van der Waals surface area contributed by atoms with Crippen LogP contribution in [0.4, 0.5) is 5.82 Å². The van der Waals surface area contributed by atoms with Gasteiger partial charge in [-0.3, -0.25) is 9.89 Å². The average molecular weight is 380 g/mol. The van der Waals surface area contributed by atoms with E-state index in [9.17, 15) is 4.79 Å². The van der Waals surface area contributed by atoms with Gasteiger partial charge in [-0.1, -0.05) is 0 Å². The normalized spacial score (nSPS) is 25.3. The van der Waals surface area contributed by atoms with Gasteiger partial charge in [-0.25, -0.2) is 15.0 Å². The van der Waals surface area contributed by atoms with Crippen LogP contribution >= 0.6 is 0 Å². The monoisotopic (exact) mass is 380 g/mol. The van der Waals surface area contributed by atoms with Gasteiger partial charge in [0.2, 0.25) is 5.91 Å². The van der Waals surface area contributed by atoms with Gasteiger partial charge in [0.25, 0.3) is 0 Å². The van der Waals surface area contributed by atoms with Crippen LogP contribution in [0.3, 0.4) is 0 Å². The van der Waals surface area contributed by atoms with E-state index in [1.54, 1.807) is 12.5 Å². The zero-order valence-corrected chi connectivity index (χ0v) is 15.6. The number of hydrogen-bond acceptors (Lipinski definition) is 6. The van der Waals surface area contributed by atoms with Crippen molar-refractivity contribution in [2.24, 2.45) is 5.92 Å². The molecule has 9 heteroatoms. The Morgan fingerprint density at radius 1 is 1.14 bits per heavy atom. The minimum Gasteiger partial charge on any atom is -0.365 e. The highest BCUT2D eigenvalue weighted by molar-refractivity contribution is 5.82. The molecule has 1 saturated carbocycles. The van der Waals surface area contributed by atoms with Crippen molar-refractivity contribution in [2.45, 2.75) is 44.1 Å². The van der Waals surface area contributed by atoms with E-state index in [4.69, 9.17) is 0 Å². The van der Waals surface area contributed by atoms with Gasteiger partial charge in [0.15, 0.2) is 11.5 Å². The number of nitrogens with zero attached hydrogens (tertiary/aromatic N) is 5. The van der Waals surface area contributed by atoms with E-state index in [1.165, 1.54) is 6.33 Å². The summed E-state index contributed by atoms with van der Waals surface area (Å²) in [5.74, 6) is 1.63. The number of H-pyrrole nitrogens is 2. The first-order valence-electron chi connectivity index (χ1n) is 9.96. The molecule has 3 N–H and O–H groups in total. The Morgan fingerprint density at radius 3 is 2.86 bits per heavy atom. The number of aromatic nitrogens is 6. The lowest BCUT2D eigenvalue weighted by atomic mass is 9.85. The summed E-state index contributed by atoms with van der Waals surface area (Å²) in [5, 5.41) is 10.6. The summed E-state index contributed by atoms with van der Waals surface area (Å²) < 4.78 is 0. The molecule has 2 aliphatic rings. The van der Waals surface area contributed by atoms with Gasteiger partial charge in [0.05, 0.1) is 6.33 Å². The molecule has 1 aliphatic heterocycles. The Hall–Kier alpha value is -2.97. The zero-order valence-electron chi connectivity index (χ0n) is 15.6. The first-order chi connectivity index (χ1) is 13.8. The van der Waals surface area contributed by atoms with Crippen LogP contribution in [-0.2, 0) is 4.79 Å². The highest BCUT2D eigenvalue weighted by Gasteiger charge is 2.34. The summed E-state index contributed by atoms with van der Waals surface area (Å²) in [5.41, 5.74) is 2.64. The molecule has 3 aromatic heterocycles. The van der Waals surface area contributed by atoms with E-state index < -0.39 is 0 Å². The Labute approximate surface area is 162 Å².